The monoisotopic (exact) mass is 264 g/mol. The molecule has 0 fully saturated rings. The van der Waals surface area contributed by atoms with Crippen molar-refractivity contribution in [3.8, 4) is 0 Å². The van der Waals surface area contributed by atoms with Gasteiger partial charge in [0.15, 0.2) is 0 Å². The van der Waals surface area contributed by atoms with E-state index in [1.165, 1.54) is 5.70 Å². The van der Waals surface area contributed by atoms with E-state index in [9.17, 15) is 0 Å². The van der Waals surface area contributed by atoms with E-state index in [1.54, 1.807) is 0 Å². The molecule has 1 atom stereocenters. The molecule has 2 rings (SSSR count). The zero-order chi connectivity index (χ0) is 14.8. The average Bonchev–Trinajstić information content (AvgIpc) is 2.69. The van der Waals surface area contributed by atoms with Crippen LogP contribution in [0.5, 0.6) is 0 Å². The van der Waals surface area contributed by atoms with Crippen molar-refractivity contribution >= 4 is 11.7 Å². The summed E-state index contributed by atoms with van der Waals surface area (Å²) in [6.07, 6.45) is 3.36. The summed E-state index contributed by atoms with van der Waals surface area (Å²) in [7, 11) is 2.09. The van der Waals surface area contributed by atoms with Gasteiger partial charge in [0.1, 0.15) is 6.17 Å². The smallest absolute Gasteiger partial charge is 0.242 e. The maximum atomic E-state index is 4.77. The predicted octanol–water partition coefficient (Wildman–Crippen LogP) is 3.67. The lowest BCUT2D eigenvalue weighted by Crippen LogP contribution is -2.46. The molecule has 4 nitrogen and oxygen atoms in total. The fourth-order valence-electron chi connectivity index (χ4n) is 2.40. The van der Waals surface area contributed by atoms with Crippen LogP contribution in [-0.4, -0.2) is 34.9 Å². The number of fused-ring (bicyclic) bond motifs is 1. The quantitative estimate of drug-likeness (QED) is 0.762. The van der Waals surface area contributed by atoms with E-state index >= 15 is 0 Å². The van der Waals surface area contributed by atoms with Crippen LogP contribution in [-0.2, 0) is 0 Å². The van der Waals surface area contributed by atoms with Crippen LogP contribution < -0.4 is 0 Å². The molecule has 0 aliphatic carbocycles. The van der Waals surface area contributed by atoms with Crippen molar-refractivity contribution in [2.75, 3.05) is 7.05 Å². The van der Waals surface area contributed by atoms with Crippen molar-refractivity contribution in [3.05, 3.63) is 11.8 Å². The van der Waals surface area contributed by atoms with E-state index in [4.69, 9.17) is 4.99 Å². The Morgan fingerprint density at radius 1 is 1.26 bits per heavy atom. The first kappa shape index (κ1) is 15.9. The SMILES string of the molecule is CC.CCC(C)(C)C1N=C2N=C(C)C=C(C)N2N1C. The maximum absolute atomic E-state index is 4.77. The molecule has 2 aliphatic heterocycles. The third-order valence-electron chi connectivity index (χ3n) is 3.74. The van der Waals surface area contributed by atoms with Crippen LogP contribution in [0.4, 0.5) is 0 Å². The number of aliphatic imine (C=N–C) groups is 2. The van der Waals surface area contributed by atoms with Crippen molar-refractivity contribution in [1.29, 1.82) is 0 Å². The third-order valence-corrected chi connectivity index (χ3v) is 3.74. The van der Waals surface area contributed by atoms with Gasteiger partial charge in [0, 0.05) is 23.9 Å². The second kappa shape index (κ2) is 5.87. The summed E-state index contributed by atoms with van der Waals surface area (Å²) >= 11 is 0. The summed E-state index contributed by atoms with van der Waals surface area (Å²) in [5.74, 6) is 0.830. The van der Waals surface area contributed by atoms with Crippen LogP contribution in [0.15, 0.2) is 21.8 Å². The first-order valence-electron chi connectivity index (χ1n) is 7.21. The Kier molecular flexibility index (Phi) is 4.91. The van der Waals surface area contributed by atoms with Gasteiger partial charge in [0.25, 0.3) is 0 Å². The number of hydrogen-bond donors (Lipinski definition) is 0. The molecular formula is C15H28N4. The average molecular weight is 264 g/mol. The summed E-state index contributed by atoms with van der Waals surface area (Å²) in [5, 5.41) is 4.30. The van der Waals surface area contributed by atoms with Gasteiger partial charge < -0.3 is 0 Å². The van der Waals surface area contributed by atoms with Crippen LogP contribution in [0.1, 0.15) is 54.9 Å². The zero-order valence-corrected chi connectivity index (χ0v) is 13.7. The van der Waals surface area contributed by atoms with Crippen LogP contribution in [0.2, 0.25) is 0 Å². The van der Waals surface area contributed by atoms with Crippen molar-refractivity contribution in [2.24, 2.45) is 15.4 Å². The summed E-state index contributed by atoms with van der Waals surface area (Å²) in [6.45, 7) is 14.8. The maximum Gasteiger partial charge on any atom is 0.242 e. The molecule has 0 aromatic carbocycles. The van der Waals surface area contributed by atoms with Crippen LogP contribution >= 0.6 is 0 Å². The highest BCUT2D eigenvalue weighted by Gasteiger charge is 2.41. The lowest BCUT2D eigenvalue weighted by atomic mass is 9.86. The molecule has 19 heavy (non-hydrogen) atoms. The van der Waals surface area contributed by atoms with E-state index in [1.807, 2.05) is 20.8 Å². The minimum atomic E-state index is 0.156. The normalized spacial score (nSPS) is 23.1. The Morgan fingerprint density at radius 3 is 2.37 bits per heavy atom. The van der Waals surface area contributed by atoms with Gasteiger partial charge in [-0.3, -0.25) is 0 Å². The first-order valence-corrected chi connectivity index (χ1v) is 7.21. The van der Waals surface area contributed by atoms with Crippen molar-refractivity contribution < 1.29 is 0 Å². The molecule has 0 spiro atoms. The minimum absolute atomic E-state index is 0.156. The van der Waals surface area contributed by atoms with Crippen LogP contribution in [0.25, 0.3) is 0 Å². The molecule has 0 bridgehead atoms. The Balaban J connectivity index is 0.000000861. The molecule has 0 N–H and O–H groups in total. The van der Waals surface area contributed by atoms with Gasteiger partial charge in [-0.2, -0.15) is 5.01 Å². The van der Waals surface area contributed by atoms with Gasteiger partial charge in [0.2, 0.25) is 5.96 Å². The first-order chi connectivity index (χ1) is 8.86. The molecule has 0 amide bonds. The number of allylic oxidation sites excluding steroid dienone is 2. The molecule has 0 aromatic heterocycles. The van der Waals surface area contributed by atoms with Gasteiger partial charge >= 0.3 is 0 Å². The molecule has 2 heterocycles. The zero-order valence-electron chi connectivity index (χ0n) is 13.7. The number of guanidine groups is 1. The van der Waals surface area contributed by atoms with E-state index < -0.39 is 0 Å². The molecule has 0 saturated carbocycles. The van der Waals surface area contributed by atoms with Gasteiger partial charge in [-0.15, -0.1) is 0 Å². The van der Waals surface area contributed by atoms with E-state index in [0.717, 1.165) is 18.1 Å². The van der Waals surface area contributed by atoms with E-state index in [-0.39, 0.29) is 11.6 Å². The molecule has 0 aromatic rings. The Labute approximate surface area is 117 Å². The molecule has 0 radical (unpaired) electrons. The van der Waals surface area contributed by atoms with Crippen LogP contribution in [0.3, 0.4) is 0 Å². The fourth-order valence-corrected chi connectivity index (χ4v) is 2.40. The van der Waals surface area contributed by atoms with Gasteiger partial charge in [-0.1, -0.05) is 34.6 Å². The van der Waals surface area contributed by atoms with E-state index in [2.05, 4.69) is 55.8 Å². The molecule has 4 heteroatoms. The molecular weight excluding hydrogens is 236 g/mol. The Morgan fingerprint density at radius 2 is 1.84 bits per heavy atom. The lowest BCUT2D eigenvalue weighted by Gasteiger charge is -2.37. The number of rotatable bonds is 2. The van der Waals surface area contributed by atoms with Crippen molar-refractivity contribution in [1.82, 2.24) is 10.0 Å². The van der Waals surface area contributed by atoms with Crippen molar-refractivity contribution in [3.63, 3.8) is 0 Å². The van der Waals surface area contributed by atoms with Gasteiger partial charge in [-0.05, 0) is 26.3 Å². The summed E-state index contributed by atoms with van der Waals surface area (Å²) < 4.78 is 0. The summed E-state index contributed by atoms with van der Waals surface area (Å²) in [4.78, 5) is 9.29. The highest BCUT2D eigenvalue weighted by Crippen LogP contribution is 2.35. The highest BCUT2D eigenvalue weighted by atomic mass is 15.7. The molecule has 108 valence electrons. The third kappa shape index (κ3) is 2.89. The van der Waals surface area contributed by atoms with Gasteiger partial charge in [-0.25, -0.2) is 15.0 Å². The molecule has 0 saturated heterocycles. The lowest BCUT2D eigenvalue weighted by molar-refractivity contribution is 0.0230. The van der Waals surface area contributed by atoms with Gasteiger partial charge in [0.05, 0.1) is 0 Å². The topological polar surface area (TPSA) is 31.2 Å². The summed E-state index contributed by atoms with van der Waals surface area (Å²) in [5.41, 5.74) is 2.37. The Hall–Kier alpha value is -1.16. The van der Waals surface area contributed by atoms with E-state index in [0.29, 0.717) is 0 Å². The van der Waals surface area contributed by atoms with Crippen molar-refractivity contribution in [2.45, 2.75) is 61.1 Å². The standard InChI is InChI=1S/C13H22N4.C2H6/c1-7-13(4,5)11-15-12-14-9(2)8-10(3)17(12)16(11)6;1-2/h8,11H,7H2,1-6H3;1-2H3. The number of hydrogen-bond acceptors (Lipinski definition) is 4. The second-order valence-electron chi connectivity index (χ2n) is 5.57. The highest BCUT2D eigenvalue weighted by molar-refractivity contribution is 6.05. The number of nitrogens with zero attached hydrogens (tertiary/aromatic N) is 4. The summed E-state index contributed by atoms with van der Waals surface area (Å²) in [6, 6.07) is 0. The minimum Gasteiger partial charge on any atom is -0.244 e. The largest absolute Gasteiger partial charge is 0.244 e. The molecule has 1 unspecified atom stereocenters. The predicted molar refractivity (Wildman–Crippen MR) is 83.1 cm³/mol. The Bertz CT molecular complexity index is 418. The molecule has 2 aliphatic rings. The van der Waals surface area contributed by atoms with Crippen LogP contribution in [0, 0.1) is 5.41 Å². The second-order valence-corrected chi connectivity index (χ2v) is 5.57. The number of hydrazine groups is 1. The fraction of sp³-hybridized carbons (Fsp3) is 0.733.